The van der Waals surface area contributed by atoms with E-state index in [0.29, 0.717) is 0 Å². The van der Waals surface area contributed by atoms with Gasteiger partial charge in [-0.2, -0.15) is 0 Å². The van der Waals surface area contributed by atoms with Crippen LogP contribution < -0.4 is 5.32 Å². The molecule has 0 aliphatic rings. The maximum Gasteiger partial charge on any atom is 0.325 e. The zero-order chi connectivity index (χ0) is 12.7. The summed E-state index contributed by atoms with van der Waals surface area (Å²) in [4.78, 5) is 22.1. The summed E-state index contributed by atoms with van der Waals surface area (Å²) in [5.41, 5.74) is 0.904. The molecule has 0 spiro atoms. The minimum atomic E-state index is -0.476. The molecule has 1 aromatic carbocycles. The number of amides is 1. The molecule has 5 heteroatoms. The van der Waals surface area contributed by atoms with Gasteiger partial charge in [0.1, 0.15) is 6.54 Å². The molecule has 0 heterocycles. The van der Waals surface area contributed by atoms with Crippen LogP contribution in [0.3, 0.4) is 0 Å². The highest BCUT2D eigenvalue weighted by Crippen LogP contribution is 2.11. The van der Waals surface area contributed by atoms with E-state index in [1.807, 2.05) is 24.3 Å². The van der Waals surface area contributed by atoms with Crippen molar-refractivity contribution in [2.24, 2.45) is 0 Å². The van der Waals surface area contributed by atoms with Crippen LogP contribution in [-0.2, 0) is 14.3 Å². The lowest BCUT2D eigenvalue weighted by molar-refractivity contribution is -0.140. The van der Waals surface area contributed by atoms with Crippen molar-refractivity contribution in [1.29, 1.82) is 0 Å². The van der Waals surface area contributed by atoms with E-state index in [-0.39, 0.29) is 12.5 Å². The molecule has 4 nitrogen and oxygen atoms in total. The van der Waals surface area contributed by atoms with E-state index in [1.165, 1.54) is 13.2 Å². The summed E-state index contributed by atoms with van der Waals surface area (Å²) < 4.78 is 5.37. The number of carbonyl (C=O) groups is 2. The number of hydrogen-bond donors (Lipinski definition) is 1. The van der Waals surface area contributed by atoms with Crippen LogP contribution in [0.2, 0.25) is 0 Å². The molecule has 0 saturated carbocycles. The first kappa shape index (κ1) is 13.4. The Kier molecular flexibility index (Phi) is 5.42. The van der Waals surface area contributed by atoms with Crippen LogP contribution in [0.15, 0.2) is 34.8 Å². The smallest absolute Gasteiger partial charge is 0.325 e. The Morgan fingerprint density at radius 3 is 2.59 bits per heavy atom. The third-order valence-electron chi connectivity index (χ3n) is 1.93. The second-order valence-electron chi connectivity index (χ2n) is 3.18. The van der Waals surface area contributed by atoms with Crippen molar-refractivity contribution in [3.8, 4) is 0 Å². The minimum Gasteiger partial charge on any atom is -0.468 e. The third kappa shape index (κ3) is 5.31. The average molecular weight is 298 g/mol. The Labute approximate surface area is 108 Å². The quantitative estimate of drug-likeness (QED) is 0.680. The average Bonchev–Trinajstić information content (AvgIpc) is 2.35. The van der Waals surface area contributed by atoms with E-state index >= 15 is 0 Å². The van der Waals surface area contributed by atoms with E-state index in [4.69, 9.17) is 0 Å². The summed E-state index contributed by atoms with van der Waals surface area (Å²) in [7, 11) is 1.27. The number of hydrogen-bond acceptors (Lipinski definition) is 3. The van der Waals surface area contributed by atoms with Gasteiger partial charge < -0.3 is 10.1 Å². The van der Waals surface area contributed by atoms with Gasteiger partial charge in [-0.3, -0.25) is 9.59 Å². The second-order valence-corrected chi connectivity index (χ2v) is 4.09. The molecule has 1 N–H and O–H groups in total. The number of carbonyl (C=O) groups excluding carboxylic acids is 2. The van der Waals surface area contributed by atoms with Gasteiger partial charge in [-0.1, -0.05) is 28.1 Å². The third-order valence-corrected chi connectivity index (χ3v) is 2.46. The number of rotatable bonds is 4. The van der Waals surface area contributed by atoms with E-state index in [1.54, 1.807) is 6.08 Å². The van der Waals surface area contributed by atoms with Crippen molar-refractivity contribution < 1.29 is 14.3 Å². The van der Waals surface area contributed by atoms with E-state index in [2.05, 4.69) is 26.0 Å². The first-order chi connectivity index (χ1) is 8.11. The van der Waals surface area contributed by atoms with E-state index in [9.17, 15) is 9.59 Å². The molecule has 0 fully saturated rings. The summed E-state index contributed by atoms with van der Waals surface area (Å²) in [5.74, 6) is -0.811. The van der Waals surface area contributed by atoms with Gasteiger partial charge >= 0.3 is 5.97 Å². The van der Waals surface area contributed by atoms with Gasteiger partial charge in [-0.25, -0.2) is 0 Å². The number of halogens is 1. The predicted octanol–water partition coefficient (Wildman–Crippen LogP) is 1.75. The molecule has 0 bridgehead atoms. The van der Waals surface area contributed by atoms with Gasteiger partial charge in [0.25, 0.3) is 0 Å². The first-order valence-electron chi connectivity index (χ1n) is 4.90. The van der Waals surface area contributed by atoms with Crippen molar-refractivity contribution in [2.75, 3.05) is 13.7 Å². The van der Waals surface area contributed by atoms with Gasteiger partial charge in [0.05, 0.1) is 7.11 Å². The molecule has 1 rings (SSSR count). The van der Waals surface area contributed by atoms with E-state index < -0.39 is 5.97 Å². The van der Waals surface area contributed by atoms with Crippen LogP contribution in [-0.4, -0.2) is 25.5 Å². The highest BCUT2D eigenvalue weighted by Gasteiger charge is 2.01. The Bertz CT molecular complexity index is 426. The zero-order valence-electron chi connectivity index (χ0n) is 9.27. The Morgan fingerprint density at radius 1 is 1.35 bits per heavy atom. The molecule has 0 aromatic heterocycles. The molecule has 1 amide bonds. The number of ether oxygens (including phenoxy) is 1. The minimum absolute atomic E-state index is 0.125. The Hall–Kier alpha value is -1.62. The molecule has 0 unspecified atom stereocenters. The molecule has 0 aliphatic heterocycles. The molecule has 90 valence electrons. The summed E-state index contributed by atoms with van der Waals surface area (Å²) in [6, 6.07) is 7.50. The maximum absolute atomic E-state index is 11.3. The number of esters is 1. The predicted molar refractivity (Wildman–Crippen MR) is 68.2 cm³/mol. The summed E-state index contributed by atoms with van der Waals surface area (Å²) in [6.07, 6.45) is 3.03. The standard InChI is InChI=1S/C12H12BrNO3/c1-17-12(16)8-14-11(15)7-4-9-2-5-10(13)6-3-9/h2-7H,8H2,1H3,(H,14,15)/b7-4+. The Balaban J connectivity index is 2.45. The van der Waals surface area contributed by atoms with Crippen LogP contribution in [0.4, 0.5) is 0 Å². The van der Waals surface area contributed by atoms with Crippen molar-refractivity contribution >= 4 is 33.9 Å². The van der Waals surface area contributed by atoms with Crippen LogP contribution in [0.5, 0.6) is 0 Å². The van der Waals surface area contributed by atoms with Gasteiger partial charge in [0.15, 0.2) is 0 Å². The lowest BCUT2D eigenvalue weighted by Gasteiger charge is -1.99. The fourth-order valence-electron chi connectivity index (χ4n) is 1.04. The van der Waals surface area contributed by atoms with Gasteiger partial charge in [0.2, 0.25) is 5.91 Å². The first-order valence-corrected chi connectivity index (χ1v) is 5.69. The van der Waals surface area contributed by atoms with Crippen molar-refractivity contribution in [1.82, 2.24) is 5.32 Å². The molecule has 0 saturated heterocycles. The molecule has 17 heavy (non-hydrogen) atoms. The molecule has 0 radical (unpaired) electrons. The van der Waals surface area contributed by atoms with Crippen LogP contribution in [0, 0.1) is 0 Å². The highest BCUT2D eigenvalue weighted by atomic mass is 79.9. The largest absolute Gasteiger partial charge is 0.468 e. The van der Waals surface area contributed by atoms with E-state index in [0.717, 1.165) is 10.0 Å². The molecule has 0 atom stereocenters. The number of nitrogens with one attached hydrogen (secondary N) is 1. The number of methoxy groups -OCH3 is 1. The van der Waals surface area contributed by atoms with Crippen molar-refractivity contribution in [3.05, 3.63) is 40.4 Å². The van der Waals surface area contributed by atoms with Gasteiger partial charge in [0, 0.05) is 10.5 Å². The summed E-state index contributed by atoms with van der Waals surface area (Å²) in [6.45, 7) is -0.125. The summed E-state index contributed by atoms with van der Waals surface area (Å²) >= 11 is 3.32. The lowest BCUT2D eigenvalue weighted by atomic mass is 10.2. The van der Waals surface area contributed by atoms with Crippen LogP contribution in [0.25, 0.3) is 6.08 Å². The fraction of sp³-hybridized carbons (Fsp3) is 0.167. The molecule has 0 aliphatic carbocycles. The van der Waals surface area contributed by atoms with Crippen molar-refractivity contribution in [3.63, 3.8) is 0 Å². The lowest BCUT2D eigenvalue weighted by Crippen LogP contribution is -2.28. The Morgan fingerprint density at radius 2 is 2.00 bits per heavy atom. The van der Waals surface area contributed by atoms with Crippen LogP contribution >= 0.6 is 15.9 Å². The second kappa shape index (κ2) is 6.85. The molecular weight excluding hydrogens is 286 g/mol. The van der Waals surface area contributed by atoms with Crippen LogP contribution in [0.1, 0.15) is 5.56 Å². The van der Waals surface area contributed by atoms with Gasteiger partial charge in [-0.15, -0.1) is 0 Å². The van der Waals surface area contributed by atoms with Gasteiger partial charge in [-0.05, 0) is 23.8 Å². The monoisotopic (exact) mass is 297 g/mol. The molecule has 1 aromatic rings. The summed E-state index contributed by atoms with van der Waals surface area (Å²) in [5, 5.41) is 2.41. The SMILES string of the molecule is COC(=O)CNC(=O)/C=C/c1ccc(Br)cc1. The highest BCUT2D eigenvalue weighted by molar-refractivity contribution is 9.10. The zero-order valence-corrected chi connectivity index (χ0v) is 10.9. The van der Waals surface area contributed by atoms with Crippen molar-refractivity contribution in [2.45, 2.75) is 0 Å². The fourth-order valence-corrected chi connectivity index (χ4v) is 1.30. The normalized spacial score (nSPS) is 10.2. The number of benzene rings is 1. The molecular formula is C12H12BrNO3. The topological polar surface area (TPSA) is 55.4 Å². The maximum atomic E-state index is 11.3.